The summed E-state index contributed by atoms with van der Waals surface area (Å²) >= 11 is 6.19. The first-order valence-electron chi connectivity index (χ1n) is 7.72. The summed E-state index contributed by atoms with van der Waals surface area (Å²) in [5.41, 5.74) is 2.77. The number of carbonyl (C=O) groups excluding carboxylic acids is 1. The molecule has 3 rings (SSSR count). The van der Waals surface area contributed by atoms with Crippen molar-refractivity contribution < 1.29 is 14.3 Å². The first kappa shape index (κ1) is 16.5. The summed E-state index contributed by atoms with van der Waals surface area (Å²) in [5, 5.41) is 6.63. The van der Waals surface area contributed by atoms with Crippen LogP contribution in [-0.4, -0.2) is 18.7 Å². The van der Waals surface area contributed by atoms with Gasteiger partial charge in [-0.25, -0.2) is 0 Å². The van der Waals surface area contributed by atoms with Crippen molar-refractivity contribution in [3.8, 4) is 11.5 Å². The first-order chi connectivity index (χ1) is 11.5. The molecule has 1 atom stereocenters. The zero-order chi connectivity index (χ0) is 17.1. The second-order valence-corrected chi connectivity index (χ2v) is 6.16. The summed E-state index contributed by atoms with van der Waals surface area (Å²) in [6.45, 7) is 4.43. The smallest absolute Gasteiger partial charge is 0.242 e. The molecule has 126 valence electrons. The highest BCUT2D eigenvalue weighted by molar-refractivity contribution is 6.33. The van der Waals surface area contributed by atoms with E-state index in [0.29, 0.717) is 17.3 Å². The van der Waals surface area contributed by atoms with Gasteiger partial charge < -0.3 is 20.1 Å². The number of nitrogens with one attached hydrogen (secondary N) is 2. The third-order valence-corrected chi connectivity index (χ3v) is 4.11. The summed E-state index contributed by atoms with van der Waals surface area (Å²) < 4.78 is 10.6. The highest BCUT2D eigenvalue weighted by atomic mass is 35.5. The van der Waals surface area contributed by atoms with Gasteiger partial charge in [0.05, 0.1) is 10.7 Å². The van der Waals surface area contributed by atoms with Crippen LogP contribution in [0, 0.1) is 6.92 Å². The Labute approximate surface area is 145 Å². The minimum atomic E-state index is -0.404. The van der Waals surface area contributed by atoms with Crippen LogP contribution in [0.4, 0.5) is 5.69 Å². The maximum Gasteiger partial charge on any atom is 0.242 e. The Bertz CT molecular complexity index is 764. The molecule has 1 aliphatic heterocycles. The number of hydrogen-bond donors (Lipinski definition) is 2. The van der Waals surface area contributed by atoms with Crippen molar-refractivity contribution in [2.75, 3.05) is 12.1 Å². The van der Waals surface area contributed by atoms with E-state index in [1.54, 1.807) is 6.92 Å². The molecule has 2 aromatic rings. The summed E-state index contributed by atoms with van der Waals surface area (Å²) in [7, 11) is 0. The Morgan fingerprint density at radius 1 is 1.21 bits per heavy atom. The molecule has 0 bridgehead atoms. The molecular formula is C18H19ClN2O3. The van der Waals surface area contributed by atoms with E-state index in [9.17, 15) is 4.79 Å². The Balaban J connectivity index is 1.56. The van der Waals surface area contributed by atoms with E-state index in [2.05, 4.69) is 10.6 Å². The van der Waals surface area contributed by atoms with E-state index in [0.717, 1.165) is 22.6 Å². The zero-order valence-corrected chi connectivity index (χ0v) is 14.3. The van der Waals surface area contributed by atoms with E-state index in [1.807, 2.05) is 43.3 Å². The second-order valence-electron chi connectivity index (χ2n) is 5.75. The maximum absolute atomic E-state index is 12.3. The summed E-state index contributed by atoms with van der Waals surface area (Å²) in [4.78, 5) is 12.3. The fourth-order valence-electron chi connectivity index (χ4n) is 2.43. The van der Waals surface area contributed by atoms with Gasteiger partial charge in [0.2, 0.25) is 12.7 Å². The van der Waals surface area contributed by atoms with E-state index in [-0.39, 0.29) is 12.7 Å². The lowest BCUT2D eigenvalue weighted by Crippen LogP contribution is -2.37. The quantitative estimate of drug-likeness (QED) is 0.870. The average molecular weight is 347 g/mol. The Morgan fingerprint density at radius 3 is 2.79 bits per heavy atom. The Hall–Kier alpha value is -2.40. The average Bonchev–Trinajstić information content (AvgIpc) is 3.02. The van der Waals surface area contributed by atoms with Gasteiger partial charge in [0.25, 0.3) is 0 Å². The number of ether oxygens (including phenoxy) is 2. The normalized spacial score (nSPS) is 13.5. The van der Waals surface area contributed by atoms with Gasteiger partial charge in [0.1, 0.15) is 6.04 Å². The van der Waals surface area contributed by atoms with Crippen molar-refractivity contribution in [2.45, 2.75) is 26.4 Å². The predicted octanol–water partition coefficient (Wildman–Crippen LogP) is 3.49. The van der Waals surface area contributed by atoms with Gasteiger partial charge in [-0.1, -0.05) is 23.7 Å². The molecule has 0 aliphatic carbocycles. The molecule has 0 saturated heterocycles. The molecule has 6 heteroatoms. The molecular weight excluding hydrogens is 328 g/mol. The number of rotatable bonds is 5. The SMILES string of the molecule is Cc1ccc(NC(C)C(=O)NCc2ccc3c(c2)OCO3)c(Cl)c1. The third-order valence-electron chi connectivity index (χ3n) is 3.79. The van der Waals surface area contributed by atoms with E-state index in [1.165, 1.54) is 0 Å². The molecule has 0 saturated carbocycles. The molecule has 1 heterocycles. The molecule has 1 amide bonds. The molecule has 0 fully saturated rings. The molecule has 2 aromatic carbocycles. The van der Waals surface area contributed by atoms with Crippen LogP contribution in [0.25, 0.3) is 0 Å². The van der Waals surface area contributed by atoms with Gasteiger partial charge in [-0.15, -0.1) is 0 Å². The van der Waals surface area contributed by atoms with E-state index >= 15 is 0 Å². The lowest BCUT2D eigenvalue weighted by Gasteiger charge is -2.16. The van der Waals surface area contributed by atoms with Crippen LogP contribution in [-0.2, 0) is 11.3 Å². The largest absolute Gasteiger partial charge is 0.454 e. The number of aryl methyl sites for hydroxylation is 1. The molecule has 24 heavy (non-hydrogen) atoms. The van der Waals surface area contributed by atoms with Crippen LogP contribution < -0.4 is 20.1 Å². The lowest BCUT2D eigenvalue weighted by molar-refractivity contribution is -0.121. The molecule has 1 aliphatic rings. The van der Waals surface area contributed by atoms with Crippen LogP contribution in [0.1, 0.15) is 18.1 Å². The van der Waals surface area contributed by atoms with Crippen molar-refractivity contribution in [2.24, 2.45) is 0 Å². The molecule has 5 nitrogen and oxygen atoms in total. The standard InChI is InChI=1S/C18H19ClN2O3/c1-11-3-5-15(14(19)7-11)21-12(2)18(22)20-9-13-4-6-16-17(8-13)24-10-23-16/h3-8,12,21H,9-10H2,1-2H3,(H,20,22). The monoisotopic (exact) mass is 346 g/mol. The fraction of sp³-hybridized carbons (Fsp3) is 0.278. The van der Waals surface area contributed by atoms with Crippen molar-refractivity contribution >= 4 is 23.2 Å². The summed E-state index contributed by atoms with van der Waals surface area (Å²) in [5.74, 6) is 1.33. The molecule has 0 radical (unpaired) electrons. The van der Waals surface area contributed by atoms with E-state index < -0.39 is 6.04 Å². The van der Waals surface area contributed by atoms with Crippen molar-refractivity contribution in [3.05, 3.63) is 52.5 Å². The molecule has 1 unspecified atom stereocenters. The number of hydrogen-bond acceptors (Lipinski definition) is 4. The zero-order valence-electron chi connectivity index (χ0n) is 13.6. The number of anilines is 1. The predicted molar refractivity (Wildman–Crippen MR) is 93.7 cm³/mol. The highest BCUT2D eigenvalue weighted by Gasteiger charge is 2.16. The van der Waals surface area contributed by atoms with Crippen LogP contribution in [0.15, 0.2) is 36.4 Å². The fourth-order valence-corrected chi connectivity index (χ4v) is 2.72. The summed E-state index contributed by atoms with van der Waals surface area (Å²) in [6, 6.07) is 10.9. The second kappa shape index (κ2) is 7.01. The van der Waals surface area contributed by atoms with Crippen LogP contribution in [0.5, 0.6) is 11.5 Å². The summed E-state index contributed by atoms with van der Waals surface area (Å²) in [6.07, 6.45) is 0. The number of benzene rings is 2. The number of halogens is 1. The van der Waals surface area contributed by atoms with Gasteiger partial charge >= 0.3 is 0 Å². The van der Waals surface area contributed by atoms with Crippen LogP contribution in [0.3, 0.4) is 0 Å². The van der Waals surface area contributed by atoms with Crippen molar-refractivity contribution in [1.82, 2.24) is 5.32 Å². The minimum Gasteiger partial charge on any atom is -0.454 e. The Morgan fingerprint density at radius 2 is 2.00 bits per heavy atom. The van der Waals surface area contributed by atoms with Gasteiger partial charge in [0.15, 0.2) is 11.5 Å². The molecule has 2 N–H and O–H groups in total. The van der Waals surface area contributed by atoms with Crippen LogP contribution >= 0.6 is 11.6 Å². The van der Waals surface area contributed by atoms with Crippen molar-refractivity contribution in [3.63, 3.8) is 0 Å². The number of amides is 1. The highest BCUT2D eigenvalue weighted by Crippen LogP contribution is 2.32. The number of fused-ring (bicyclic) bond motifs is 1. The van der Waals surface area contributed by atoms with Gasteiger partial charge in [-0.2, -0.15) is 0 Å². The number of carbonyl (C=O) groups is 1. The molecule has 0 spiro atoms. The molecule has 0 aromatic heterocycles. The van der Waals surface area contributed by atoms with Crippen LogP contribution in [0.2, 0.25) is 5.02 Å². The topological polar surface area (TPSA) is 59.6 Å². The van der Waals surface area contributed by atoms with Gasteiger partial charge in [0, 0.05) is 6.54 Å². The Kier molecular flexibility index (Phi) is 4.81. The van der Waals surface area contributed by atoms with Gasteiger partial charge in [-0.3, -0.25) is 4.79 Å². The third kappa shape index (κ3) is 3.74. The maximum atomic E-state index is 12.3. The minimum absolute atomic E-state index is 0.107. The lowest BCUT2D eigenvalue weighted by atomic mass is 10.2. The van der Waals surface area contributed by atoms with Gasteiger partial charge in [-0.05, 0) is 49.2 Å². The first-order valence-corrected chi connectivity index (χ1v) is 8.09. The van der Waals surface area contributed by atoms with E-state index in [4.69, 9.17) is 21.1 Å². The van der Waals surface area contributed by atoms with Crippen molar-refractivity contribution in [1.29, 1.82) is 0 Å².